The summed E-state index contributed by atoms with van der Waals surface area (Å²) in [6.45, 7) is 2.41. The van der Waals surface area contributed by atoms with E-state index in [-0.39, 0.29) is 17.6 Å². The van der Waals surface area contributed by atoms with Crippen LogP contribution in [0.5, 0.6) is 0 Å². The van der Waals surface area contributed by atoms with Crippen LogP contribution in [0.3, 0.4) is 0 Å². The van der Waals surface area contributed by atoms with E-state index >= 15 is 0 Å². The van der Waals surface area contributed by atoms with Crippen LogP contribution in [-0.2, 0) is 21.2 Å². The zero-order valence-electron chi connectivity index (χ0n) is 14.2. The van der Waals surface area contributed by atoms with Gasteiger partial charge in [-0.25, -0.2) is 8.42 Å². The molecular formula is C19H22N2O3S. The van der Waals surface area contributed by atoms with E-state index in [2.05, 4.69) is 5.32 Å². The number of anilines is 2. The van der Waals surface area contributed by atoms with Crippen molar-refractivity contribution < 1.29 is 13.2 Å². The fraction of sp³-hybridized carbons (Fsp3) is 0.316. The van der Waals surface area contributed by atoms with Crippen molar-refractivity contribution in [3.05, 3.63) is 60.2 Å². The number of nitrogens with zero attached hydrogens (tertiary/aromatic N) is 1. The predicted octanol–water partition coefficient (Wildman–Crippen LogP) is 3.04. The van der Waals surface area contributed by atoms with E-state index < -0.39 is 10.0 Å². The second kappa shape index (κ2) is 7.27. The van der Waals surface area contributed by atoms with Crippen LogP contribution in [0.2, 0.25) is 0 Å². The lowest BCUT2D eigenvalue weighted by Gasteiger charge is -2.17. The molecule has 2 aromatic rings. The Morgan fingerprint density at radius 3 is 2.40 bits per heavy atom. The van der Waals surface area contributed by atoms with Crippen molar-refractivity contribution in [2.75, 3.05) is 21.9 Å². The van der Waals surface area contributed by atoms with Crippen LogP contribution < -0.4 is 9.62 Å². The van der Waals surface area contributed by atoms with Gasteiger partial charge in [0, 0.05) is 18.2 Å². The van der Waals surface area contributed by atoms with Gasteiger partial charge in [-0.1, -0.05) is 37.3 Å². The van der Waals surface area contributed by atoms with Crippen LogP contribution in [0.1, 0.15) is 18.9 Å². The minimum Gasteiger partial charge on any atom is -0.326 e. The Morgan fingerprint density at radius 1 is 1.12 bits per heavy atom. The Kier molecular flexibility index (Phi) is 5.08. The molecule has 6 heteroatoms. The lowest BCUT2D eigenvalue weighted by atomic mass is 10.0. The minimum absolute atomic E-state index is 0.0506. The van der Waals surface area contributed by atoms with Gasteiger partial charge in [-0.05, 0) is 42.7 Å². The molecule has 3 rings (SSSR count). The van der Waals surface area contributed by atoms with Crippen LogP contribution in [-0.4, -0.2) is 26.6 Å². The van der Waals surface area contributed by atoms with Gasteiger partial charge in [0.15, 0.2) is 0 Å². The topological polar surface area (TPSA) is 66.5 Å². The standard InChI is InChI=1S/C19H22N2O3S/c1-15(14-16-6-3-2-4-7-16)19(22)20-17-8-10-18(11-9-17)21-12-5-13-25(21,23)24/h2-4,6-11,15H,5,12-14H2,1H3,(H,20,22). The van der Waals surface area contributed by atoms with Crippen molar-refractivity contribution in [3.63, 3.8) is 0 Å². The molecule has 1 aliphatic heterocycles. The molecule has 132 valence electrons. The molecule has 1 aliphatic rings. The Morgan fingerprint density at radius 2 is 1.80 bits per heavy atom. The molecule has 1 atom stereocenters. The highest BCUT2D eigenvalue weighted by Gasteiger charge is 2.28. The highest BCUT2D eigenvalue weighted by Crippen LogP contribution is 2.25. The molecule has 25 heavy (non-hydrogen) atoms. The fourth-order valence-electron chi connectivity index (χ4n) is 2.97. The van der Waals surface area contributed by atoms with Gasteiger partial charge < -0.3 is 5.32 Å². The molecule has 5 nitrogen and oxygen atoms in total. The second-order valence-corrected chi connectivity index (χ2v) is 8.38. The Balaban J connectivity index is 1.62. The summed E-state index contributed by atoms with van der Waals surface area (Å²) in [5.41, 5.74) is 2.44. The number of hydrogen-bond acceptors (Lipinski definition) is 3. The number of sulfonamides is 1. The third-order valence-corrected chi connectivity index (χ3v) is 6.22. The maximum absolute atomic E-state index is 12.3. The smallest absolute Gasteiger partial charge is 0.235 e. The van der Waals surface area contributed by atoms with Crippen LogP contribution in [0.25, 0.3) is 0 Å². The predicted molar refractivity (Wildman–Crippen MR) is 100 cm³/mol. The van der Waals surface area contributed by atoms with E-state index in [4.69, 9.17) is 0 Å². The van der Waals surface area contributed by atoms with E-state index in [0.29, 0.717) is 30.8 Å². The molecule has 1 heterocycles. The maximum Gasteiger partial charge on any atom is 0.235 e. The van der Waals surface area contributed by atoms with E-state index in [9.17, 15) is 13.2 Å². The van der Waals surface area contributed by atoms with Gasteiger partial charge in [-0.15, -0.1) is 0 Å². The van der Waals surface area contributed by atoms with Gasteiger partial charge in [-0.2, -0.15) is 0 Å². The van der Waals surface area contributed by atoms with Crippen LogP contribution in [0.15, 0.2) is 54.6 Å². The number of benzene rings is 2. The molecule has 0 spiro atoms. The van der Waals surface area contributed by atoms with Crippen molar-refractivity contribution >= 4 is 27.3 Å². The highest BCUT2D eigenvalue weighted by atomic mass is 32.2. The summed E-state index contributed by atoms with van der Waals surface area (Å²) in [6, 6.07) is 16.9. The summed E-state index contributed by atoms with van der Waals surface area (Å²) >= 11 is 0. The first-order chi connectivity index (χ1) is 12.0. The quantitative estimate of drug-likeness (QED) is 0.893. The third kappa shape index (κ3) is 4.20. The van der Waals surface area contributed by atoms with Gasteiger partial charge in [0.1, 0.15) is 0 Å². The molecular weight excluding hydrogens is 336 g/mol. The number of carbonyl (C=O) groups excluding carboxylic acids is 1. The SMILES string of the molecule is CC(Cc1ccccc1)C(=O)Nc1ccc(N2CCCS2(=O)=O)cc1. The molecule has 0 bridgehead atoms. The van der Waals surface area contributed by atoms with E-state index in [1.165, 1.54) is 4.31 Å². The van der Waals surface area contributed by atoms with Gasteiger partial charge >= 0.3 is 0 Å². The number of rotatable bonds is 5. The monoisotopic (exact) mass is 358 g/mol. The minimum atomic E-state index is -3.18. The van der Waals surface area contributed by atoms with Crippen molar-refractivity contribution in [1.82, 2.24) is 0 Å². The van der Waals surface area contributed by atoms with Crippen LogP contribution in [0, 0.1) is 5.92 Å². The molecule has 1 amide bonds. The van der Waals surface area contributed by atoms with Crippen molar-refractivity contribution in [2.24, 2.45) is 5.92 Å². The van der Waals surface area contributed by atoms with Gasteiger partial charge in [-0.3, -0.25) is 9.10 Å². The van der Waals surface area contributed by atoms with Crippen molar-refractivity contribution in [2.45, 2.75) is 19.8 Å². The first kappa shape index (κ1) is 17.5. The molecule has 2 aromatic carbocycles. The average Bonchev–Trinajstić information content (AvgIpc) is 2.95. The van der Waals surface area contributed by atoms with E-state index in [0.717, 1.165) is 5.56 Å². The Hall–Kier alpha value is -2.34. The fourth-order valence-corrected chi connectivity index (χ4v) is 4.53. The first-order valence-electron chi connectivity index (χ1n) is 8.41. The normalized spacial score (nSPS) is 17.2. The van der Waals surface area contributed by atoms with Crippen molar-refractivity contribution in [1.29, 1.82) is 0 Å². The lowest BCUT2D eigenvalue weighted by Crippen LogP contribution is -2.25. The maximum atomic E-state index is 12.3. The van der Waals surface area contributed by atoms with Gasteiger partial charge in [0.2, 0.25) is 15.9 Å². The highest BCUT2D eigenvalue weighted by molar-refractivity contribution is 7.93. The molecule has 0 aliphatic carbocycles. The molecule has 0 aromatic heterocycles. The zero-order valence-corrected chi connectivity index (χ0v) is 15.0. The average molecular weight is 358 g/mol. The van der Waals surface area contributed by atoms with E-state index in [1.807, 2.05) is 37.3 Å². The molecule has 1 unspecified atom stereocenters. The lowest BCUT2D eigenvalue weighted by molar-refractivity contribution is -0.119. The van der Waals surface area contributed by atoms with E-state index in [1.54, 1.807) is 24.3 Å². The van der Waals surface area contributed by atoms with Crippen LogP contribution in [0.4, 0.5) is 11.4 Å². The molecule has 0 saturated carbocycles. The summed E-state index contributed by atoms with van der Waals surface area (Å²) in [6.07, 6.45) is 1.33. The summed E-state index contributed by atoms with van der Waals surface area (Å²) in [4.78, 5) is 12.3. The number of amides is 1. The first-order valence-corrected chi connectivity index (χ1v) is 10.0. The van der Waals surface area contributed by atoms with Gasteiger partial charge in [0.05, 0.1) is 11.4 Å². The van der Waals surface area contributed by atoms with Gasteiger partial charge in [0.25, 0.3) is 0 Å². The Bertz CT molecular complexity index is 833. The summed E-state index contributed by atoms with van der Waals surface area (Å²) < 4.78 is 25.3. The van der Waals surface area contributed by atoms with Crippen LogP contribution >= 0.6 is 0 Å². The molecule has 0 radical (unpaired) electrons. The number of nitrogens with one attached hydrogen (secondary N) is 1. The largest absolute Gasteiger partial charge is 0.326 e. The zero-order chi connectivity index (χ0) is 17.9. The third-order valence-electron chi connectivity index (χ3n) is 4.35. The molecule has 1 N–H and O–H groups in total. The molecule has 1 fully saturated rings. The van der Waals surface area contributed by atoms with Crippen molar-refractivity contribution in [3.8, 4) is 0 Å². The number of carbonyl (C=O) groups is 1. The number of hydrogen-bond donors (Lipinski definition) is 1. The molecule has 1 saturated heterocycles. The Labute approximate surface area is 148 Å². The summed E-state index contributed by atoms with van der Waals surface area (Å²) in [7, 11) is -3.18. The summed E-state index contributed by atoms with van der Waals surface area (Å²) in [5.74, 6) is -0.00546. The second-order valence-electron chi connectivity index (χ2n) is 6.37. The summed E-state index contributed by atoms with van der Waals surface area (Å²) in [5, 5.41) is 2.89.